The van der Waals surface area contributed by atoms with Crippen molar-refractivity contribution >= 4 is 5.71 Å². The van der Waals surface area contributed by atoms with Gasteiger partial charge < -0.3 is 9.57 Å². The van der Waals surface area contributed by atoms with E-state index in [1.807, 2.05) is 6.07 Å². The topological polar surface area (TPSA) is 34.1 Å². The first-order valence-electron chi connectivity index (χ1n) is 10.8. The maximum absolute atomic E-state index is 6.00. The fraction of sp³-hybridized carbons (Fsp3) is 0.480. The molecule has 0 amide bonds. The zero-order chi connectivity index (χ0) is 19.9. The van der Waals surface area contributed by atoms with Crippen LogP contribution >= 0.6 is 0 Å². The molecule has 4 heteroatoms. The van der Waals surface area contributed by atoms with Crippen molar-refractivity contribution in [1.82, 2.24) is 4.90 Å². The Bertz CT molecular complexity index is 912. The Labute approximate surface area is 173 Å². The highest BCUT2D eigenvalue weighted by atomic mass is 16.7. The number of oxime groups is 1. The zero-order valence-electron chi connectivity index (χ0n) is 17.5. The van der Waals surface area contributed by atoms with Gasteiger partial charge in [0, 0.05) is 44.3 Å². The Morgan fingerprint density at radius 1 is 1.03 bits per heavy atom. The van der Waals surface area contributed by atoms with Crippen LogP contribution in [0, 0.1) is 0 Å². The number of nitrogens with zero attached hydrogens (tertiary/aromatic N) is 2. The molecule has 1 fully saturated rings. The van der Waals surface area contributed by atoms with E-state index in [4.69, 9.17) is 9.57 Å². The fourth-order valence-electron chi connectivity index (χ4n) is 4.92. The highest BCUT2D eigenvalue weighted by Crippen LogP contribution is 2.37. The van der Waals surface area contributed by atoms with Crippen molar-refractivity contribution < 1.29 is 9.57 Å². The minimum atomic E-state index is -0.100. The summed E-state index contributed by atoms with van der Waals surface area (Å²) in [6.45, 7) is 9.22. The predicted octanol–water partition coefficient (Wildman–Crippen LogP) is 4.65. The van der Waals surface area contributed by atoms with Gasteiger partial charge in [-0.2, -0.15) is 0 Å². The second-order valence-corrected chi connectivity index (χ2v) is 9.50. The number of likely N-dealkylation sites (tertiary alicyclic amines) is 1. The first-order valence-corrected chi connectivity index (χ1v) is 10.8. The molecule has 3 aliphatic heterocycles. The molecular formula is C25H30N2O2. The average Bonchev–Trinajstić information content (AvgIpc) is 3.15. The first kappa shape index (κ1) is 18.8. The van der Waals surface area contributed by atoms with Gasteiger partial charge in [-0.3, -0.25) is 4.90 Å². The van der Waals surface area contributed by atoms with E-state index in [-0.39, 0.29) is 11.0 Å². The quantitative estimate of drug-likeness (QED) is 0.765. The average molecular weight is 391 g/mol. The molecule has 3 aliphatic rings. The van der Waals surface area contributed by atoms with Crippen molar-refractivity contribution in [2.75, 3.05) is 19.7 Å². The summed E-state index contributed by atoms with van der Waals surface area (Å²) in [4.78, 5) is 8.55. The molecule has 0 atom stereocenters. The predicted molar refractivity (Wildman–Crippen MR) is 115 cm³/mol. The number of hydrogen-bond donors (Lipinski definition) is 0. The summed E-state index contributed by atoms with van der Waals surface area (Å²) in [7, 11) is 0. The Balaban J connectivity index is 1.21. The van der Waals surface area contributed by atoms with Crippen LogP contribution in [-0.4, -0.2) is 35.9 Å². The van der Waals surface area contributed by atoms with Crippen LogP contribution in [0.15, 0.2) is 53.7 Å². The molecule has 0 saturated carbocycles. The second-order valence-electron chi connectivity index (χ2n) is 9.50. The molecule has 3 heterocycles. The van der Waals surface area contributed by atoms with Crippen LogP contribution in [-0.2, 0) is 28.1 Å². The third-order valence-corrected chi connectivity index (χ3v) is 6.74. The van der Waals surface area contributed by atoms with E-state index in [9.17, 15) is 0 Å². The Morgan fingerprint density at radius 2 is 1.83 bits per heavy atom. The SMILES string of the molecule is CC1(C)COCc2ccc(CN3CCC4(CC3)CC(c3ccccc3)=NO4)cc21. The maximum atomic E-state index is 6.00. The van der Waals surface area contributed by atoms with Crippen molar-refractivity contribution in [3.63, 3.8) is 0 Å². The van der Waals surface area contributed by atoms with E-state index in [1.54, 1.807) is 0 Å². The summed E-state index contributed by atoms with van der Waals surface area (Å²) in [5.41, 5.74) is 6.48. The second kappa shape index (κ2) is 7.26. The molecule has 0 bridgehead atoms. The molecule has 152 valence electrons. The van der Waals surface area contributed by atoms with Gasteiger partial charge >= 0.3 is 0 Å². The molecule has 29 heavy (non-hydrogen) atoms. The summed E-state index contributed by atoms with van der Waals surface area (Å²) in [6.07, 6.45) is 3.01. The standard InChI is InChI=1S/C25H30N2O2/c1-24(2)18-28-17-21-9-8-19(14-22(21)24)16-27-12-10-25(11-13-27)15-23(26-29-25)20-6-4-3-5-7-20/h3-9,14H,10-13,15-18H2,1-2H3. The van der Waals surface area contributed by atoms with Crippen LogP contribution < -0.4 is 0 Å². The smallest absolute Gasteiger partial charge is 0.145 e. The van der Waals surface area contributed by atoms with Gasteiger partial charge in [0.15, 0.2) is 0 Å². The minimum Gasteiger partial charge on any atom is -0.388 e. The molecule has 0 aliphatic carbocycles. The summed E-state index contributed by atoms with van der Waals surface area (Å²) >= 11 is 0. The van der Waals surface area contributed by atoms with Gasteiger partial charge in [0.2, 0.25) is 0 Å². The minimum absolute atomic E-state index is 0.0957. The highest BCUT2D eigenvalue weighted by molar-refractivity contribution is 6.01. The van der Waals surface area contributed by atoms with Crippen molar-refractivity contribution in [2.45, 2.75) is 57.3 Å². The maximum Gasteiger partial charge on any atom is 0.145 e. The van der Waals surface area contributed by atoms with Crippen molar-refractivity contribution in [3.05, 3.63) is 70.8 Å². The monoisotopic (exact) mass is 390 g/mol. The van der Waals surface area contributed by atoms with Crippen LogP contribution in [0.4, 0.5) is 0 Å². The number of hydrogen-bond acceptors (Lipinski definition) is 4. The van der Waals surface area contributed by atoms with E-state index < -0.39 is 0 Å². The van der Waals surface area contributed by atoms with Crippen LogP contribution in [0.25, 0.3) is 0 Å². The number of benzene rings is 2. The molecule has 5 rings (SSSR count). The molecule has 1 saturated heterocycles. The third kappa shape index (κ3) is 3.72. The molecule has 4 nitrogen and oxygen atoms in total. The molecule has 0 unspecified atom stereocenters. The van der Waals surface area contributed by atoms with Gasteiger partial charge in [-0.25, -0.2) is 0 Å². The molecular weight excluding hydrogens is 360 g/mol. The van der Waals surface area contributed by atoms with Crippen LogP contribution in [0.2, 0.25) is 0 Å². The molecule has 0 radical (unpaired) electrons. The summed E-state index contributed by atoms with van der Waals surface area (Å²) < 4.78 is 5.76. The Morgan fingerprint density at radius 3 is 2.62 bits per heavy atom. The lowest BCUT2D eigenvalue weighted by atomic mass is 9.80. The first-order chi connectivity index (χ1) is 14.0. The Hall–Kier alpha value is -2.17. The summed E-state index contributed by atoms with van der Waals surface area (Å²) in [6, 6.07) is 17.4. The molecule has 1 spiro atoms. The fourth-order valence-corrected chi connectivity index (χ4v) is 4.92. The lowest BCUT2D eigenvalue weighted by Gasteiger charge is -2.37. The van der Waals surface area contributed by atoms with Gasteiger partial charge in [-0.1, -0.05) is 67.5 Å². The van der Waals surface area contributed by atoms with E-state index in [0.29, 0.717) is 0 Å². The molecule has 0 N–H and O–H groups in total. The number of fused-ring (bicyclic) bond motifs is 1. The molecule has 2 aromatic carbocycles. The van der Waals surface area contributed by atoms with Gasteiger partial charge in [0.1, 0.15) is 5.60 Å². The lowest BCUT2D eigenvalue weighted by molar-refractivity contribution is -0.0627. The van der Waals surface area contributed by atoms with Crippen LogP contribution in [0.1, 0.15) is 55.4 Å². The molecule has 0 aromatic heterocycles. The van der Waals surface area contributed by atoms with E-state index in [1.165, 1.54) is 22.3 Å². The van der Waals surface area contributed by atoms with Crippen molar-refractivity contribution in [1.29, 1.82) is 0 Å². The zero-order valence-corrected chi connectivity index (χ0v) is 17.5. The number of ether oxygens (including phenoxy) is 1. The van der Waals surface area contributed by atoms with Gasteiger partial charge in [0.25, 0.3) is 0 Å². The van der Waals surface area contributed by atoms with E-state index in [0.717, 1.165) is 57.8 Å². The van der Waals surface area contributed by atoms with E-state index in [2.05, 4.69) is 66.4 Å². The van der Waals surface area contributed by atoms with Crippen LogP contribution in [0.5, 0.6) is 0 Å². The van der Waals surface area contributed by atoms with Gasteiger partial charge in [-0.15, -0.1) is 0 Å². The van der Waals surface area contributed by atoms with Crippen molar-refractivity contribution in [3.8, 4) is 0 Å². The van der Waals surface area contributed by atoms with E-state index >= 15 is 0 Å². The Kier molecular flexibility index (Phi) is 4.72. The lowest BCUT2D eigenvalue weighted by Crippen LogP contribution is -2.44. The van der Waals surface area contributed by atoms with Gasteiger partial charge in [0.05, 0.1) is 18.9 Å². The van der Waals surface area contributed by atoms with Gasteiger partial charge in [-0.05, 0) is 22.3 Å². The van der Waals surface area contributed by atoms with Crippen LogP contribution in [0.3, 0.4) is 0 Å². The number of rotatable bonds is 3. The summed E-state index contributed by atoms with van der Waals surface area (Å²) in [5, 5.41) is 4.44. The highest BCUT2D eigenvalue weighted by Gasteiger charge is 2.42. The third-order valence-electron chi connectivity index (χ3n) is 6.74. The molecule has 2 aromatic rings. The number of piperidine rings is 1. The largest absolute Gasteiger partial charge is 0.388 e. The summed E-state index contributed by atoms with van der Waals surface area (Å²) in [5.74, 6) is 0. The van der Waals surface area contributed by atoms with Crippen molar-refractivity contribution in [2.24, 2.45) is 5.16 Å². The normalized spacial score (nSPS) is 22.8.